The molecule has 0 bridgehead atoms. The normalized spacial score (nSPS) is 10.8. The van der Waals surface area contributed by atoms with Crippen molar-refractivity contribution in [3.8, 4) is 5.75 Å². The lowest BCUT2D eigenvalue weighted by molar-refractivity contribution is -0.133. The fourth-order valence-electron chi connectivity index (χ4n) is 1.41. The van der Waals surface area contributed by atoms with E-state index in [-0.39, 0.29) is 0 Å². The summed E-state index contributed by atoms with van der Waals surface area (Å²) < 4.78 is 5.00. The van der Waals surface area contributed by atoms with Gasteiger partial charge in [0.15, 0.2) is 5.75 Å². The molecule has 0 amide bonds. The molecule has 0 spiro atoms. The monoisotopic (exact) mass is 231 g/mol. The maximum absolute atomic E-state index is 11.3. The summed E-state index contributed by atoms with van der Waals surface area (Å²) in [5, 5.41) is 9.13. The second kappa shape index (κ2) is 4.52. The van der Waals surface area contributed by atoms with Crippen molar-refractivity contribution >= 4 is 22.8 Å². The first-order valence-corrected chi connectivity index (χ1v) is 4.86. The maximum atomic E-state index is 11.3. The number of ether oxygens (including phenoxy) is 1. The first kappa shape index (κ1) is 10.9. The first-order chi connectivity index (χ1) is 8.16. The Kier molecular flexibility index (Phi) is 2.91. The van der Waals surface area contributed by atoms with Gasteiger partial charge in [0.05, 0.1) is 0 Å². The molecule has 0 saturated carbocycles. The number of rotatable bonds is 3. The number of carbonyl (C=O) groups excluding carboxylic acids is 1. The number of aromatic nitrogens is 1. The van der Waals surface area contributed by atoms with Crippen molar-refractivity contribution in [2.45, 2.75) is 0 Å². The van der Waals surface area contributed by atoms with E-state index in [0.29, 0.717) is 5.75 Å². The zero-order chi connectivity index (χ0) is 12.3. The second-order valence-electron chi connectivity index (χ2n) is 3.29. The van der Waals surface area contributed by atoms with Gasteiger partial charge in [-0.2, -0.15) is 0 Å². The molecule has 0 radical (unpaired) electrons. The van der Waals surface area contributed by atoms with Crippen molar-refractivity contribution < 1.29 is 19.4 Å². The lowest BCUT2D eigenvalue weighted by Crippen LogP contribution is -2.04. The van der Waals surface area contributed by atoms with E-state index in [2.05, 4.69) is 4.98 Å². The molecular formula is C12H9NO4. The third-order valence-electron chi connectivity index (χ3n) is 2.12. The number of esters is 1. The summed E-state index contributed by atoms with van der Waals surface area (Å²) in [5.41, 5.74) is 0.845. The third kappa shape index (κ3) is 2.52. The van der Waals surface area contributed by atoms with Crippen LogP contribution in [0.1, 0.15) is 0 Å². The van der Waals surface area contributed by atoms with E-state index in [0.717, 1.165) is 23.1 Å². The Hall–Kier alpha value is -2.56. The Morgan fingerprint density at radius 3 is 2.76 bits per heavy atom. The van der Waals surface area contributed by atoms with E-state index in [1.54, 1.807) is 12.3 Å². The number of carboxylic acids is 1. The molecule has 2 aromatic rings. The van der Waals surface area contributed by atoms with Gasteiger partial charge in [0.2, 0.25) is 0 Å². The average molecular weight is 231 g/mol. The molecule has 86 valence electrons. The first-order valence-electron chi connectivity index (χ1n) is 4.86. The summed E-state index contributed by atoms with van der Waals surface area (Å²) in [6, 6.07) is 7.32. The third-order valence-corrected chi connectivity index (χ3v) is 2.12. The minimum atomic E-state index is -1.19. The number of aromatic amines is 1. The van der Waals surface area contributed by atoms with Crippen molar-refractivity contribution in [1.29, 1.82) is 0 Å². The van der Waals surface area contributed by atoms with Gasteiger partial charge in [0.1, 0.15) is 0 Å². The number of carbonyl (C=O) groups is 2. The minimum Gasteiger partial charge on any atom is -0.478 e. The molecule has 1 aromatic heterocycles. The number of fused-ring (bicyclic) bond motifs is 1. The predicted molar refractivity (Wildman–Crippen MR) is 60.7 cm³/mol. The van der Waals surface area contributed by atoms with Gasteiger partial charge in [-0.3, -0.25) is 0 Å². The number of H-pyrrole nitrogens is 1. The molecule has 1 aromatic carbocycles. The second-order valence-corrected chi connectivity index (χ2v) is 3.29. The Bertz CT molecular complexity index is 597. The van der Waals surface area contributed by atoms with Crippen LogP contribution in [0.15, 0.2) is 42.6 Å². The number of carboxylic acid groups (broad SMARTS) is 1. The summed E-state index contributed by atoms with van der Waals surface area (Å²) in [6.07, 6.45) is 3.15. The van der Waals surface area contributed by atoms with E-state index >= 15 is 0 Å². The van der Waals surface area contributed by atoms with Gasteiger partial charge in [-0.25, -0.2) is 9.59 Å². The van der Waals surface area contributed by atoms with Crippen molar-refractivity contribution in [1.82, 2.24) is 4.98 Å². The molecule has 2 rings (SSSR count). The molecule has 17 heavy (non-hydrogen) atoms. The van der Waals surface area contributed by atoms with Crippen LogP contribution in [0, 0.1) is 0 Å². The van der Waals surface area contributed by atoms with Crippen molar-refractivity contribution in [3.05, 3.63) is 42.6 Å². The molecule has 1 heterocycles. The lowest BCUT2D eigenvalue weighted by atomic mass is 10.2. The van der Waals surface area contributed by atoms with E-state index in [1.807, 2.05) is 18.2 Å². The molecule has 0 aliphatic heterocycles. The van der Waals surface area contributed by atoms with Crippen LogP contribution in [0.3, 0.4) is 0 Å². The van der Waals surface area contributed by atoms with Gasteiger partial charge in [0, 0.05) is 29.3 Å². The number of hydrogen-bond acceptors (Lipinski definition) is 3. The van der Waals surface area contributed by atoms with Crippen LogP contribution < -0.4 is 4.74 Å². The predicted octanol–water partition coefficient (Wildman–Crippen LogP) is 1.71. The largest absolute Gasteiger partial charge is 0.478 e. The SMILES string of the molecule is O=C(O)/C=C\C(=O)Oc1c[nH]c2ccccc12. The molecule has 5 nitrogen and oxygen atoms in total. The Balaban J connectivity index is 2.19. The highest BCUT2D eigenvalue weighted by Crippen LogP contribution is 2.24. The van der Waals surface area contributed by atoms with Crippen molar-refractivity contribution in [2.24, 2.45) is 0 Å². The smallest absolute Gasteiger partial charge is 0.336 e. The average Bonchev–Trinajstić information content (AvgIpc) is 2.70. The van der Waals surface area contributed by atoms with Crippen molar-refractivity contribution in [3.63, 3.8) is 0 Å². The van der Waals surface area contributed by atoms with Gasteiger partial charge in [-0.05, 0) is 12.1 Å². The van der Waals surface area contributed by atoms with Crippen LogP contribution >= 0.6 is 0 Å². The molecule has 0 aliphatic carbocycles. The van der Waals surface area contributed by atoms with Gasteiger partial charge < -0.3 is 14.8 Å². The Morgan fingerprint density at radius 2 is 2.00 bits per heavy atom. The van der Waals surface area contributed by atoms with E-state index in [9.17, 15) is 9.59 Å². The summed E-state index contributed by atoms with van der Waals surface area (Å²) in [4.78, 5) is 24.4. The van der Waals surface area contributed by atoms with Crippen LogP contribution in [0.25, 0.3) is 10.9 Å². The number of para-hydroxylation sites is 1. The topological polar surface area (TPSA) is 79.4 Å². The highest BCUT2D eigenvalue weighted by Gasteiger charge is 2.07. The summed E-state index contributed by atoms with van der Waals surface area (Å²) in [6.45, 7) is 0. The van der Waals surface area contributed by atoms with Gasteiger partial charge in [0.25, 0.3) is 0 Å². The molecule has 0 atom stereocenters. The number of hydrogen-bond donors (Lipinski definition) is 2. The van der Waals surface area contributed by atoms with E-state index in [1.165, 1.54) is 0 Å². The number of nitrogens with one attached hydrogen (secondary N) is 1. The molecule has 0 unspecified atom stereocenters. The van der Waals surface area contributed by atoms with Gasteiger partial charge in [-0.1, -0.05) is 12.1 Å². The molecule has 5 heteroatoms. The molecule has 0 aliphatic rings. The van der Waals surface area contributed by atoms with Crippen LogP contribution in [-0.4, -0.2) is 22.0 Å². The number of benzene rings is 1. The Labute approximate surface area is 96.3 Å². The number of aliphatic carboxylic acids is 1. The molecule has 0 saturated heterocycles. The highest BCUT2D eigenvalue weighted by molar-refractivity contribution is 5.94. The van der Waals surface area contributed by atoms with Gasteiger partial charge >= 0.3 is 11.9 Å². The Morgan fingerprint density at radius 1 is 1.24 bits per heavy atom. The fourth-order valence-corrected chi connectivity index (χ4v) is 1.41. The molecule has 2 N–H and O–H groups in total. The quantitative estimate of drug-likeness (QED) is 0.622. The van der Waals surface area contributed by atoms with Gasteiger partial charge in [-0.15, -0.1) is 0 Å². The zero-order valence-electron chi connectivity index (χ0n) is 8.71. The summed E-state index contributed by atoms with van der Waals surface area (Å²) in [5.74, 6) is -1.54. The lowest BCUT2D eigenvalue weighted by Gasteiger charge is -1.97. The van der Waals surface area contributed by atoms with Crippen molar-refractivity contribution in [2.75, 3.05) is 0 Å². The minimum absolute atomic E-state index is 0.376. The summed E-state index contributed by atoms with van der Waals surface area (Å²) in [7, 11) is 0. The highest BCUT2D eigenvalue weighted by atomic mass is 16.5. The van der Waals surface area contributed by atoms with Crippen LogP contribution in [0.2, 0.25) is 0 Å². The van der Waals surface area contributed by atoms with Crippen LogP contribution in [0.5, 0.6) is 5.75 Å². The maximum Gasteiger partial charge on any atom is 0.336 e. The molecule has 0 fully saturated rings. The van der Waals surface area contributed by atoms with E-state index in [4.69, 9.17) is 9.84 Å². The molecular weight excluding hydrogens is 222 g/mol. The van der Waals surface area contributed by atoms with Crippen LogP contribution in [0.4, 0.5) is 0 Å². The van der Waals surface area contributed by atoms with E-state index < -0.39 is 11.9 Å². The summed E-state index contributed by atoms with van der Waals surface area (Å²) >= 11 is 0. The fraction of sp³-hybridized carbons (Fsp3) is 0. The zero-order valence-corrected chi connectivity index (χ0v) is 8.71. The standard InChI is InChI=1S/C12H9NO4/c14-11(15)5-6-12(16)17-10-7-13-9-4-2-1-3-8(9)10/h1-7,13H,(H,14,15)/b6-5-. The van der Waals surface area contributed by atoms with Crippen LogP contribution in [-0.2, 0) is 9.59 Å².